The number of ether oxygens (including phenoxy) is 1. The molecule has 0 saturated heterocycles. The predicted octanol–water partition coefficient (Wildman–Crippen LogP) is 3.97. The standard InChI is InChI=1S/C15H17Cl2NO3/c1-20-18-14(10-5-6-12(16)13(17)9-10)7-8-15(19)21-11-3-2-4-11/h5-7,9,11,18H,2-4,8H2,1H3/b14-7-. The van der Waals surface area contributed by atoms with E-state index in [4.69, 9.17) is 32.8 Å². The van der Waals surface area contributed by atoms with E-state index in [1.165, 1.54) is 7.11 Å². The highest BCUT2D eigenvalue weighted by atomic mass is 35.5. The summed E-state index contributed by atoms with van der Waals surface area (Å²) in [6.45, 7) is 0. The van der Waals surface area contributed by atoms with Gasteiger partial charge in [-0.1, -0.05) is 29.3 Å². The molecule has 0 atom stereocenters. The molecule has 1 aromatic carbocycles. The van der Waals surface area contributed by atoms with Gasteiger partial charge in [-0.05, 0) is 37.5 Å². The van der Waals surface area contributed by atoms with Crippen LogP contribution in [-0.2, 0) is 14.4 Å². The molecule has 0 aromatic heterocycles. The first-order chi connectivity index (χ1) is 10.1. The van der Waals surface area contributed by atoms with Crippen molar-refractivity contribution in [2.45, 2.75) is 31.8 Å². The van der Waals surface area contributed by atoms with E-state index in [-0.39, 0.29) is 18.5 Å². The fraction of sp³-hybridized carbons (Fsp3) is 0.400. The SMILES string of the molecule is CON/C(=C\CC(=O)OC1CCC1)c1ccc(Cl)c(Cl)c1. The quantitative estimate of drug-likeness (QED) is 0.633. The lowest BCUT2D eigenvalue weighted by Gasteiger charge is -2.24. The third-order valence-corrected chi connectivity index (χ3v) is 4.00. The van der Waals surface area contributed by atoms with E-state index < -0.39 is 0 Å². The molecule has 0 aliphatic heterocycles. The Morgan fingerprint density at radius 2 is 2.14 bits per heavy atom. The van der Waals surface area contributed by atoms with E-state index in [1.807, 2.05) is 0 Å². The Morgan fingerprint density at radius 1 is 1.38 bits per heavy atom. The molecule has 0 radical (unpaired) electrons. The first kappa shape index (κ1) is 16.1. The van der Waals surface area contributed by atoms with Crippen LogP contribution >= 0.6 is 23.2 Å². The van der Waals surface area contributed by atoms with Crippen LogP contribution in [0.4, 0.5) is 0 Å². The summed E-state index contributed by atoms with van der Waals surface area (Å²) in [6, 6.07) is 5.19. The Balaban J connectivity index is 2.03. The maximum Gasteiger partial charge on any atom is 0.309 e. The number of benzene rings is 1. The van der Waals surface area contributed by atoms with E-state index >= 15 is 0 Å². The van der Waals surface area contributed by atoms with Gasteiger partial charge in [0.2, 0.25) is 0 Å². The molecule has 0 amide bonds. The van der Waals surface area contributed by atoms with Crippen LogP contribution in [0.2, 0.25) is 10.0 Å². The average molecular weight is 330 g/mol. The molecule has 1 aromatic rings. The Bertz CT molecular complexity index is 542. The van der Waals surface area contributed by atoms with Gasteiger partial charge in [-0.3, -0.25) is 15.1 Å². The Kier molecular flexibility index (Phi) is 5.91. The van der Waals surface area contributed by atoms with Gasteiger partial charge in [0, 0.05) is 5.56 Å². The van der Waals surface area contributed by atoms with Crippen molar-refractivity contribution >= 4 is 34.9 Å². The molecule has 0 heterocycles. The molecule has 4 nitrogen and oxygen atoms in total. The van der Waals surface area contributed by atoms with Crippen LogP contribution in [0.5, 0.6) is 0 Å². The van der Waals surface area contributed by atoms with Crippen molar-refractivity contribution in [1.29, 1.82) is 0 Å². The lowest BCUT2D eigenvalue weighted by molar-refractivity contribution is -0.151. The number of hydroxylamine groups is 1. The number of halogens is 2. The summed E-state index contributed by atoms with van der Waals surface area (Å²) in [5, 5.41) is 0.914. The summed E-state index contributed by atoms with van der Waals surface area (Å²) in [6.07, 6.45) is 5.03. The largest absolute Gasteiger partial charge is 0.462 e. The van der Waals surface area contributed by atoms with E-state index in [0.29, 0.717) is 15.7 Å². The molecule has 1 saturated carbocycles. The highest BCUT2D eigenvalue weighted by Crippen LogP contribution is 2.26. The van der Waals surface area contributed by atoms with Gasteiger partial charge < -0.3 is 4.74 Å². The summed E-state index contributed by atoms with van der Waals surface area (Å²) in [7, 11) is 1.50. The molecule has 2 rings (SSSR count). The van der Waals surface area contributed by atoms with Gasteiger partial charge in [-0.2, -0.15) is 0 Å². The second-order valence-electron chi connectivity index (χ2n) is 4.80. The Hall–Kier alpha value is -1.23. The van der Waals surface area contributed by atoms with Gasteiger partial charge in [-0.25, -0.2) is 0 Å². The average Bonchev–Trinajstić information content (AvgIpc) is 2.42. The van der Waals surface area contributed by atoms with Crippen molar-refractivity contribution in [3.8, 4) is 0 Å². The highest BCUT2D eigenvalue weighted by molar-refractivity contribution is 6.42. The van der Waals surface area contributed by atoms with E-state index in [2.05, 4.69) is 5.48 Å². The van der Waals surface area contributed by atoms with Crippen LogP contribution in [0.3, 0.4) is 0 Å². The molecular weight excluding hydrogens is 313 g/mol. The maximum absolute atomic E-state index is 11.7. The topological polar surface area (TPSA) is 47.6 Å². The van der Waals surface area contributed by atoms with Crippen LogP contribution in [0, 0.1) is 0 Å². The summed E-state index contributed by atoms with van der Waals surface area (Å²) >= 11 is 11.9. The molecule has 1 N–H and O–H groups in total. The minimum atomic E-state index is -0.241. The number of hydrogen-bond acceptors (Lipinski definition) is 4. The zero-order chi connectivity index (χ0) is 15.2. The Morgan fingerprint density at radius 3 is 2.71 bits per heavy atom. The fourth-order valence-electron chi connectivity index (χ4n) is 1.90. The number of nitrogens with one attached hydrogen (secondary N) is 1. The number of rotatable bonds is 6. The highest BCUT2D eigenvalue weighted by Gasteiger charge is 2.21. The Labute approximate surface area is 134 Å². The summed E-state index contributed by atoms with van der Waals surface area (Å²) in [5.74, 6) is -0.241. The molecule has 1 aliphatic carbocycles. The summed E-state index contributed by atoms with van der Waals surface area (Å²) in [4.78, 5) is 16.7. The molecule has 21 heavy (non-hydrogen) atoms. The van der Waals surface area contributed by atoms with Gasteiger partial charge in [0.1, 0.15) is 6.10 Å². The lowest BCUT2D eigenvalue weighted by atomic mass is 9.96. The van der Waals surface area contributed by atoms with E-state index in [1.54, 1.807) is 24.3 Å². The monoisotopic (exact) mass is 329 g/mol. The first-order valence-electron chi connectivity index (χ1n) is 6.74. The van der Waals surface area contributed by atoms with E-state index in [0.717, 1.165) is 24.8 Å². The predicted molar refractivity (Wildman–Crippen MR) is 82.9 cm³/mol. The minimum Gasteiger partial charge on any atom is -0.462 e. The third kappa shape index (κ3) is 4.63. The lowest BCUT2D eigenvalue weighted by Crippen LogP contribution is -2.24. The number of carbonyl (C=O) groups excluding carboxylic acids is 1. The smallest absolute Gasteiger partial charge is 0.309 e. The molecule has 1 aliphatic rings. The van der Waals surface area contributed by atoms with Crippen LogP contribution in [0.25, 0.3) is 5.70 Å². The zero-order valence-corrected chi connectivity index (χ0v) is 13.2. The molecule has 6 heteroatoms. The second-order valence-corrected chi connectivity index (χ2v) is 5.61. The number of carbonyl (C=O) groups is 1. The zero-order valence-electron chi connectivity index (χ0n) is 11.7. The second kappa shape index (κ2) is 7.69. The van der Waals surface area contributed by atoms with Gasteiger partial charge in [0.25, 0.3) is 0 Å². The van der Waals surface area contributed by atoms with Gasteiger partial charge in [0.05, 0.1) is 29.3 Å². The first-order valence-corrected chi connectivity index (χ1v) is 7.50. The van der Waals surface area contributed by atoms with Crippen LogP contribution in [-0.4, -0.2) is 19.2 Å². The summed E-state index contributed by atoms with van der Waals surface area (Å²) in [5.41, 5.74) is 4.15. The summed E-state index contributed by atoms with van der Waals surface area (Å²) < 4.78 is 5.29. The van der Waals surface area contributed by atoms with Crippen molar-refractivity contribution in [3.05, 3.63) is 39.9 Å². The molecular formula is C15H17Cl2NO3. The molecule has 0 bridgehead atoms. The third-order valence-electron chi connectivity index (χ3n) is 3.27. The van der Waals surface area contributed by atoms with Crippen molar-refractivity contribution in [2.24, 2.45) is 0 Å². The minimum absolute atomic E-state index is 0.0923. The molecule has 1 fully saturated rings. The normalized spacial score (nSPS) is 15.5. The number of hydrogen-bond donors (Lipinski definition) is 1. The van der Waals surface area contributed by atoms with Crippen molar-refractivity contribution in [2.75, 3.05) is 7.11 Å². The molecule has 0 spiro atoms. The van der Waals surface area contributed by atoms with Crippen LogP contribution in [0.1, 0.15) is 31.2 Å². The van der Waals surface area contributed by atoms with Gasteiger partial charge >= 0.3 is 5.97 Å². The molecule has 0 unspecified atom stereocenters. The van der Waals surface area contributed by atoms with E-state index in [9.17, 15) is 4.79 Å². The van der Waals surface area contributed by atoms with Gasteiger partial charge in [-0.15, -0.1) is 0 Å². The fourth-order valence-corrected chi connectivity index (χ4v) is 2.20. The van der Waals surface area contributed by atoms with Crippen LogP contribution in [0.15, 0.2) is 24.3 Å². The molecule has 114 valence electrons. The number of esters is 1. The van der Waals surface area contributed by atoms with Crippen molar-refractivity contribution < 1.29 is 14.4 Å². The van der Waals surface area contributed by atoms with Gasteiger partial charge in [0.15, 0.2) is 0 Å². The van der Waals surface area contributed by atoms with Crippen molar-refractivity contribution in [1.82, 2.24) is 5.48 Å². The van der Waals surface area contributed by atoms with Crippen LogP contribution < -0.4 is 5.48 Å². The maximum atomic E-state index is 11.7. The van der Waals surface area contributed by atoms with Crippen molar-refractivity contribution in [3.63, 3.8) is 0 Å².